The van der Waals surface area contributed by atoms with Gasteiger partial charge in [-0.2, -0.15) is 0 Å². The van der Waals surface area contributed by atoms with Crippen LogP contribution in [0.5, 0.6) is 5.75 Å². The molecule has 3 rings (SSSR count). The first-order chi connectivity index (χ1) is 12.5. The van der Waals surface area contributed by atoms with Gasteiger partial charge in [0.2, 0.25) is 5.91 Å². The zero-order chi connectivity index (χ0) is 18.7. The van der Waals surface area contributed by atoms with Crippen molar-refractivity contribution in [3.63, 3.8) is 0 Å². The van der Waals surface area contributed by atoms with Gasteiger partial charge in [0.05, 0.1) is 25.3 Å². The third-order valence-electron chi connectivity index (χ3n) is 4.77. The predicted octanol–water partition coefficient (Wildman–Crippen LogP) is 2.81. The Kier molecular flexibility index (Phi) is 5.40. The van der Waals surface area contributed by atoms with Gasteiger partial charge in [-0.15, -0.1) is 0 Å². The van der Waals surface area contributed by atoms with Gasteiger partial charge in [-0.1, -0.05) is 26.0 Å². The van der Waals surface area contributed by atoms with Crippen molar-refractivity contribution < 1.29 is 9.53 Å². The molecule has 6 nitrogen and oxygen atoms in total. The lowest BCUT2D eigenvalue weighted by molar-refractivity contribution is -0.131. The van der Waals surface area contributed by atoms with Crippen molar-refractivity contribution in [3.05, 3.63) is 57.8 Å². The molecule has 138 valence electrons. The number of methoxy groups -OCH3 is 1. The van der Waals surface area contributed by atoms with E-state index >= 15 is 0 Å². The summed E-state index contributed by atoms with van der Waals surface area (Å²) >= 11 is 0. The zero-order valence-electron chi connectivity index (χ0n) is 15.5. The van der Waals surface area contributed by atoms with E-state index < -0.39 is 0 Å². The molecule has 0 aliphatic carbocycles. The minimum atomic E-state index is -0.160. The highest BCUT2D eigenvalue weighted by molar-refractivity contribution is 5.79. The highest BCUT2D eigenvalue weighted by Crippen LogP contribution is 2.30. The Hall–Kier alpha value is -2.63. The van der Waals surface area contributed by atoms with Crippen molar-refractivity contribution in [1.29, 1.82) is 0 Å². The van der Waals surface area contributed by atoms with E-state index in [2.05, 4.69) is 9.97 Å². The van der Waals surface area contributed by atoms with Gasteiger partial charge in [0.1, 0.15) is 11.6 Å². The van der Waals surface area contributed by atoms with E-state index in [1.807, 2.05) is 43.0 Å². The van der Waals surface area contributed by atoms with Gasteiger partial charge in [0.15, 0.2) is 0 Å². The molecule has 1 aliphatic rings. The fourth-order valence-corrected chi connectivity index (χ4v) is 3.32. The molecule has 6 heteroatoms. The maximum Gasteiger partial charge on any atom is 0.251 e. The van der Waals surface area contributed by atoms with E-state index in [-0.39, 0.29) is 23.4 Å². The second kappa shape index (κ2) is 7.72. The van der Waals surface area contributed by atoms with Crippen LogP contribution in [0.2, 0.25) is 0 Å². The molecule has 2 aromatic rings. The molecular formula is C20H25N3O3. The number of carbonyl (C=O) groups is 1. The second-order valence-corrected chi connectivity index (χ2v) is 6.98. The zero-order valence-corrected chi connectivity index (χ0v) is 15.5. The molecule has 1 aliphatic heterocycles. The van der Waals surface area contributed by atoms with Crippen LogP contribution < -0.4 is 10.3 Å². The summed E-state index contributed by atoms with van der Waals surface area (Å²) in [6.45, 7) is 4.70. The summed E-state index contributed by atoms with van der Waals surface area (Å²) in [5.74, 6) is 1.59. The van der Waals surface area contributed by atoms with E-state index in [1.54, 1.807) is 7.11 Å². The molecule has 0 saturated carbocycles. The predicted molar refractivity (Wildman–Crippen MR) is 99.3 cm³/mol. The van der Waals surface area contributed by atoms with Crippen LogP contribution >= 0.6 is 0 Å². The first-order valence-corrected chi connectivity index (χ1v) is 9.01. The standard InChI is InChI=1S/C20H25N3O3/c1-13(2)16-12-18(24)22-20(21-16)17-5-4-10-23(17)19(25)11-14-6-8-15(26-3)9-7-14/h6-9,12-13,17H,4-5,10-11H2,1-3H3,(H,21,22,24). The van der Waals surface area contributed by atoms with Gasteiger partial charge >= 0.3 is 0 Å². The number of amides is 1. The van der Waals surface area contributed by atoms with Crippen molar-refractivity contribution in [2.24, 2.45) is 0 Å². The molecule has 1 atom stereocenters. The second-order valence-electron chi connectivity index (χ2n) is 6.98. The Bertz CT molecular complexity index is 827. The fraction of sp³-hybridized carbons (Fsp3) is 0.450. The van der Waals surface area contributed by atoms with Crippen molar-refractivity contribution in [3.8, 4) is 5.75 Å². The van der Waals surface area contributed by atoms with Crippen LogP contribution in [-0.2, 0) is 11.2 Å². The molecule has 1 aromatic heterocycles. The van der Waals surface area contributed by atoms with Gasteiger partial charge in [-0.25, -0.2) is 4.98 Å². The van der Waals surface area contributed by atoms with Crippen LogP contribution in [0.15, 0.2) is 35.1 Å². The first-order valence-electron chi connectivity index (χ1n) is 9.01. The molecule has 0 radical (unpaired) electrons. The largest absolute Gasteiger partial charge is 0.497 e. The molecule has 1 saturated heterocycles. The van der Waals surface area contributed by atoms with Crippen LogP contribution in [-0.4, -0.2) is 34.4 Å². The summed E-state index contributed by atoms with van der Waals surface area (Å²) in [5, 5.41) is 0. The highest BCUT2D eigenvalue weighted by Gasteiger charge is 2.31. The smallest absolute Gasteiger partial charge is 0.251 e. The number of hydrogen-bond donors (Lipinski definition) is 1. The Morgan fingerprint density at radius 2 is 2.08 bits per heavy atom. The fourth-order valence-electron chi connectivity index (χ4n) is 3.32. The molecule has 1 unspecified atom stereocenters. The molecule has 1 N–H and O–H groups in total. The van der Waals surface area contributed by atoms with Crippen LogP contribution in [0.1, 0.15) is 55.7 Å². The van der Waals surface area contributed by atoms with E-state index in [9.17, 15) is 9.59 Å². The minimum absolute atomic E-state index is 0.0512. The van der Waals surface area contributed by atoms with Crippen molar-refractivity contribution >= 4 is 5.91 Å². The SMILES string of the molecule is COc1ccc(CC(=O)N2CCCC2c2nc(C(C)C)cc(=O)[nH]2)cc1. The highest BCUT2D eigenvalue weighted by atomic mass is 16.5. The molecule has 2 heterocycles. The van der Waals surface area contributed by atoms with E-state index in [0.717, 1.165) is 29.8 Å². The minimum Gasteiger partial charge on any atom is -0.497 e. The molecule has 1 fully saturated rings. The lowest BCUT2D eigenvalue weighted by Gasteiger charge is -2.24. The average molecular weight is 355 g/mol. The third kappa shape index (κ3) is 3.95. The molecule has 0 bridgehead atoms. The van der Waals surface area contributed by atoms with Gasteiger partial charge in [0, 0.05) is 12.6 Å². The Labute approximate surface area is 153 Å². The van der Waals surface area contributed by atoms with Gasteiger partial charge < -0.3 is 14.6 Å². The number of nitrogens with one attached hydrogen (secondary N) is 1. The number of aromatic amines is 1. The summed E-state index contributed by atoms with van der Waals surface area (Å²) in [4.78, 5) is 34.1. The van der Waals surface area contributed by atoms with Gasteiger partial charge in [-0.05, 0) is 36.5 Å². The number of H-pyrrole nitrogens is 1. The van der Waals surface area contributed by atoms with Crippen LogP contribution in [0.3, 0.4) is 0 Å². The average Bonchev–Trinajstić information content (AvgIpc) is 3.11. The summed E-state index contributed by atoms with van der Waals surface area (Å²) in [6.07, 6.45) is 2.06. The van der Waals surface area contributed by atoms with Crippen molar-refractivity contribution in [1.82, 2.24) is 14.9 Å². The summed E-state index contributed by atoms with van der Waals surface area (Å²) in [6, 6.07) is 8.90. The quantitative estimate of drug-likeness (QED) is 0.895. The van der Waals surface area contributed by atoms with E-state index in [4.69, 9.17) is 4.74 Å². The lowest BCUT2D eigenvalue weighted by Crippen LogP contribution is -2.33. The first kappa shape index (κ1) is 18.2. The van der Waals surface area contributed by atoms with Crippen molar-refractivity contribution in [2.45, 2.75) is 45.1 Å². The molecule has 1 aromatic carbocycles. The maximum absolute atomic E-state index is 12.8. The summed E-state index contributed by atoms with van der Waals surface area (Å²) < 4.78 is 5.15. The molecule has 0 spiro atoms. The normalized spacial score (nSPS) is 16.9. The number of nitrogens with zero attached hydrogens (tertiary/aromatic N) is 2. The lowest BCUT2D eigenvalue weighted by atomic mass is 10.1. The Morgan fingerprint density at radius 1 is 1.35 bits per heavy atom. The van der Waals surface area contributed by atoms with E-state index in [1.165, 1.54) is 6.07 Å². The topological polar surface area (TPSA) is 75.3 Å². The third-order valence-corrected chi connectivity index (χ3v) is 4.77. The molecule has 1 amide bonds. The van der Waals surface area contributed by atoms with Gasteiger partial charge in [0.25, 0.3) is 5.56 Å². The van der Waals surface area contributed by atoms with E-state index in [0.29, 0.717) is 18.8 Å². The number of hydrogen-bond acceptors (Lipinski definition) is 4. The van der Waals surface area contributed by atoms with Crippen LogP contribution in [0.4, 0.5) is 0 Å². The Morgan fingerprint density at radius 3 is 2.73 bits per heavy atom. The monoisotopic (exact) mass is 355 g/mol. The number of benzene rings is 1. The summed E-state index contributed by atoms with van der Waals surface area (Å²) in [7, 11) is 1.62. The van der Waals surface area contributed by atoms with Crippen LogP contribution in [0, 0.1) is 0 Å². The number of carbonyl (C=O) groups excluding carboxylic acids is 1. The summed E-state index contributed by atoms with van der Waals surface area (Å²) in [5.41, 5.74) is 1.55. The van der Waals surface area contributed by atoms with Crippen molar-refractivity contribution in [2.75, 3.05) is 13.7 Å². The maximum atomic E-state index is 12.8. The number of aromatic nitrogens is 2. The molecule has 26 heavy (non-hydrogen) atoms. The number of rotatable bonds is 5. The Balaban J connectivity index is 1.79. The molecular weight excluding hydrogens is 330 g/mol. The number of ether oxygens (including phenoxy) is 1. The number of likely N-dealkylation sites (tertiary alicyclic amines) is 1. The van der Waals surface area contributed by atoms with Crippen LogP contribution in [0.25, 0.3) is 0 Å². The van der Waals surface area contributed by atoms with Gasteiger partial charge in [-0.3, -0.25) is 9.59 Å².